The van der Waals surface area contributed by atoms with Gasteiger partial charge in [0.2, 0.25) is 0 Å². The summed E-state index contributed by atoms with van der Waals surface area (Å²) in [4.78, 5) is 1.99. The van der Waals surface area contributed by atoms with Crippen LogP contribution in [0.4, 0.5) is 8.78 Å². The fourth-order valence-electron chi connectivity index (χ4n) is 4.19. The summed E-state index contributed by atoms with van der Waals surface area (Å²) < 4.78 is 29.8. The predicted molar refractivity (Wildman–Crippen MR) is 89.9 cm³/mol. The van der Waals surface area contributed by atoms with Crippen LogP contribution < -0.4 is 0 Å². The van der Waals surface area contributed by atoms with Crippen LogP contribution in [0.3, 0.4) is 0 Å². The van der Waals surface area contributed by atoms with Crippen LogP contribution in [0.25, 0.3) is 0 Å². The lowest BCUT2D eigenvalue weighted by Crippen LogP contribution is -2.25. The van der Waals surface area contributed by atoms with Gasteiger partial charge in [0.05, 0.1) is 17.8 Å². The topological polar surface area (TPSA) is 41.3 Å². The molecule has 25 heavy (non-hydrogen) atoms. The monoisotopic (exact) mass is 347 g/mol. The van der Waals surface area contributed by atoms with Crippen LogP contribution in [0.5, 0.6) is 0 Å². The third kappa shape index (κ3) is 3.46. The minimum Gasteiger partial charge on any atom is -0.392 e. The number of rotatable bonds is 4. The van der Waals surface area contributed by atoms with E-state index < -0.39 is 17.7 Å². The molecule has 2 aromatic rings. The number of hydrogen-bond acceptors (Lipinski definition) is 3. The first-order valence-electron chi connectivity index (χ1n) is 9.01. The minimum atomic E-state index is -0.537. The number of aliphatic hydroxyl groups excluding tert-OH is 1. The summed E-state index contributed by atoms with van der Waals surface area (Å²) in [5.74, 6) is -0.884. The van der Waals surface area contributed by atoms with Gasteiger partial charge in [0, 0.05) is 30.9 Å². The summed E-state index contributed by atoms with van der Waals surface area (Å²) >= 11 is 0. The number of hydrogen-bond donors (Lipinski definition) is 1. The highest BCUT2D eigenvalue weighted by Crippen LogP contribution is 2.35. The lowest BCUT2D eigenvalue weighted by Gasteiger charge is -2.24. The molecule has 1 N–H and O–H groups in total. The van der Waals surface area contributed by atoms with Crippen LogP contribution in [0.2, 0.25) is 0 Å². The third-order valence-electron chi connectivity index (χ3n) is 5.43. The minimum absolute atomic E-state index is 0.312. The molecule has 2 atom stereocenters. The van der Waals surface area contributed by atoms with E-state index in [1.807, 2.05) is 21.8 Å². The summed E-state index contributed by atoms with van der Waals surface area (Å²) in [7, 11) is 0. The number of aromatic nitrogens is 2. The first kappa shape index (κ1) is 16.7. The normalized spacial score (nSPS) is 25.1. The van der Waals surface area contributed by atoms with Crippen LogP contribution >= 0.6 is 0 Å². The number of β-amino-alcohol motifs (C(OH)–C–C–N with tert-alkyl or cyclic N) is 1. The fourth-order valence-corrected chi connectivity index (χ4v) is 4.19. The number of halogens is 2. The molecule has 0 bridgehead atoms. The molecule has 4 nitrogen and oxygen atoms in total. The first-order chi connectivity index (χ1) is 12.1. The Bertz CT molecular complexity index is 742. The molecule has 1 aromatic carbocycles. The van der Waals surface area contributed by atoms with E-state index in [2.05, 4.69) is 5.10 Å². The van der Waals surface area contributed by atoms with Crippen LogP contribution in [-0.4, -0.2) is 32.4 Å². The second-order valence-electron chi connectivity index (χ2n) is 7.23. The average Bonchev–Trinajstić information content (AvgIpc) is 3.30. The highest BCUT2D eigenvalue weighted by Gasteiger charge is 2.34. The largest absolute Gasteiger partial charge is 0.392 e. The van der Waals surface area contributed by atoms with Gasteiger partial charge in [-0.1, -0.05) is 12.8 Å². The summed E-state index contributed by atoms with van der Waals surface area (Å²) in [6.07, 6.45) is 6.71. The van der Waals surface area contributed by atoms with Gasteiger partial charge in [-0.15, -0.1) is 0 Å². The van der Waals surface area contributed by atoms with Gasteiger partial charge in [-0.2, -0.15) is 5.10 Å². The van der Waals surface area contributed by atoms with E-state index in [0.717, 1.165) is 17.8 Å². The highest BCUT2D eigenvalue weighted by atomic mass is 19.1. The maximum Gasteiger partial charge on any atom is 0.128 e. The molecular weight excluding hydrogens is 324 g/mol. The molecule has 4 rings (SSSR count). The second kappa shape index (κ2) is 6.84. The molecule has 1 saturated carbocycles. The first-order valence-corrected chi connectivity index (χ1v) is 9.01. The zero-order valence-corrected chi connectivity index (χ0v) is 14.1. The molecule has 0 spiro atoms. The Morgan fingerprint density at radius 1 is 1.16 bits per heavy atom. The molecule has 2 heterocycles. The summed E-state index contributed by atoms with van der Waals surface area (Å²) in [6, 6.07) is 5.65. The van der Waals surface area contributed by atoms with Gasteiger partial charge in [0.1, 0.15) is 11.6 Å². The van der Waals surface area contributed by atoms with Gasteiger partial charge in [0.15, 0.2) is 0 Å². The van der Waals surface area contributed by atoms with Crippen molar-refractivity contribution >= 4 is 0 Å². The lowest BCUT2D eigenvalue weighted by atomic mass is 10.0. The fraction of sp³-hybridized carbons (Fsp3) is 0.526. The number of benzene rings is 1. The quantitative estimate of drug-likeness (QED) is 0.919. The van der Waals surface area contributed by atoms with Crippen LogP contribution in [-0.2, 0) is 6.54 Å². The molecule has 134 valence electrons. The molecule has 0 radical (unpaired) electrons. The van der Waals surface area contributed by atoms with Crippen molar-refractivity contribution in [3.63, 3.8) is 0 Å². The highest BCUT2D eigenvalue weighted by molar-refractivity contribution is 5.24. The van der Waals surface area contributed by atoms with Gasteiger partial charge in [-0.05, 0) is 43.5 Å². The maximum atomic E-state index is 14.2. The van der Waals surface area contributed by atoms with E-state index in [0.29, 0.717) is 31.1 Å². The number of nitrogens with zero attached hydrogens (tertiary/aromatic N) is 3. The van der Waals surface area contributed by atoms with Gasteiger partial charge >= 0.3 is 0 Å². The molecule has 1 saturated heterocycles. The van der Waals surface area contributed by atoms with Crippen molar-refractivity contribution in [2.45, 2.75) is 56.8 Å². The Morgan fingerprint density at radius 3 is 2.76 bits per heavy atom. The van der Waals surface area contributed by atoms with E-state index in [1.165, 1.54) is 31.7 Å². The van der Waals surface area contributed by atoms with Crippen molar-refractivity contribution in [3.8, 4) is 0 Å². The van der Waals surface area contributed by atoms with E-state index in [-0.39, 0.29) is 6.04 Å². The van der Waals surface area contributed by atoms with E-state index in [9.17, 15) is 13.9 Å². The van der Waals surface area contributed by atoms with Gasteiger partial charge in [0.25, 0.3) is 0 Å². The second-order valence-corrected chi connectivity index (χ2v) is 7.23. The lowest BCUT2D eigenvalue weighted by molar-refractivity contribution is 0.171. The molecule has 2 aliphatic rings. The predicted octanol–water partition coefficient (Wildman–Crippen LogP) is 3.58. The summed E-state index contributed by atoms with van der Waals surface area (Å²) in [6.45, 7) is 0.967. The van der Waals surface area contributed by atoms with Crippen molar-refractivity contribution in [3.05, 3.63) is 53.4 Å². The molecule has 6 heteroatoms. The third-order valence-corrected chi connectivity index (χ3v) is 5.43. The van der Waals surface area contributed by atoms with E-state index in [4.69, 9.17) is 0 Å². The average molecular weight is 347 g/mol. The van der Waals surface area contributed by atoms with Crippen LogP contribution in [0, 0.1) is 11.6 Å². The molecule has 1 aliphatic heterocycles. The smallest absolute Gasteiger partial charge is 0.128 e. The molecule has 2 fully saturated rings. The summed E-state index contributed by atoms with van der Waals surface area (Å²) in [5, 5.41) is 14.7. The summed E-state index contributed by atoms with van der Waals surface area (Å²) in [5.41, 5.74) is 1.22. The Balaban J connectivity index is 1.53. The number of aliphatic hydroxyl groups is 1. The molecule has 0 unspecified atom stereocenters. The molecule has 1 aliphatic carbocycles. The van der Waals surface area contributed by atoms with Crippen molar-refractivity contribution in [2.75, 3.05) is 6.54 Å². The van der Waals surface area contributed by atoms with Crippen molar-refractivity contribution < 1.29 is 13.9 Å². The zero-order valence-electron chi connectivity index (χ0n) is 14.1. The van der Waals surface area contributed by atoms with Crippen LogP contribution in [0.1, 0.15) is 55.4 Å². The van der Waals surface area contributed by atoms with Crippen molar-refractivity contribution in [1.82, 2.24) is 14.7 Å². The molecule has 1 aromatic heterocycles. The Labute approximate surface area is 146 Å². The van der Waals surface area contributed by atoms with Crippen molar-refractivity contribution in [2.24, 2.45) is 0 Å². The maximum absolute atomic E-state index is 14.2. The van der Waals surface area contributed by atoms with Crippen molar-refractivity contribution in [1.29, 1.82) is 0 Å². The van der Waals surface area contributed by atoms with E-state index in [1.54, 1.807) is 0 Å². The standard InChI is InChI=1S/C19H23F2N3O/c20-13-5-6-18(21)17(9-13)19-10-16(25)12-23(19)11-14-7-8-24(22-14)15-3-1-2-4-15/h5-9,15-16,19,25H,1-4,10-12H2/t16-,19+/m0/s1. The zero-order chi connectivity index (χ0) is 17.4. The van der Waals surface area contributed by atoms with E-state index >= 15 is 0 Å². The Kier molecular flexibility index (Phi) is 4.56. The van der Waals surface area contributed by atoms with Gasteiger partial charge in [-0.3, -0.25) is 9.58 Å². The molecular formula is C19H23F2N3O. The van der Waals surface area contributed by atoms with Gasteiger partial charge < -0.3 is 5.11 Å². The Morgan fingerprint density at radius 2 is 1.96 bits per heavy atom. The van der Waals surface area contributed by atoms with Crippen LogP contribution in [0.15, 0.2) is 30.5 Å². The van der Waals surface area contributed by atoms with Gasteiger partial charge in [-0.25, -0.2) is 8.78 Å². The Hall–Kier alpha value is -1.79. The molecule has 0 amide bonds. The SMILES string of the molecule is O[C@H]1C[C@H](c2cc(F)ccc2F)N(Cc2ccn(C3CCCC3)n2)C1. The number of likely N-dealkylation sites (tertiary alicyclic amines) is 1.